The molecule has 0 bridgehead atoms. The first-order valence-electron chi connectivity index (χ1n) is 5.10. The van der Waals surface area contributed by atoms with E-state index in [4.69, 9.17) is 0 Å². The molecule has 6 atom stereocenters. The normalized spacial score (nSPS) is 43.0. The van der Waals surface area contributed by atoms with E-state index >= 15 is 0 Å². The second kappa shape index (κ2) is 4.92. The van der Waals surface area contributed by atoms with Gasteiger partial charge in [0.2, 0.25) is 0 Å². The summed E-state index contributed by atoms with van der Waals surface area (Å²) in [7, 11) is 5.85. The molecule has 0 amide bonds. The van der Waals surface area contributed by atoms with Crippen LogP contribution in [0.25, 0.3) is 0 Å². The maximum absolute atomic E-state index is 2.93. The van der Waals surface area contributed by atoms with Crippen molar-refractivity contribution in [3.8, 4) is 0 Å². The van der Waals surface area contributed by atoms with Crippen LogP contribution >= 0.6 is 18.5 Å². The summed E-state index contributed by atoms with van der Waals surface area (Å²) < 4.78 is 0. The Hall–Kier alpha value is 0.860. The summed E-state index contributed by atoms with van der Waals surface area (Å²) in [4.78, 5) is 0. The molecule has 1 aliphatic rings. The smallest absolute Gasteiger partial charge is 0.0320 e. The largest absolute Gasteiger partial charge is 0.137 e. The molecule has 0 aliphatic heterocycles. The molecule has 1 rings (SSSR count). The molecule has 1 fully saturated rings. The van der Waals surface area contributed by atoms with E-state index in [0.29, 0.717) is 0 Å². The molecule has 0 radical (unpaired) electrons. The van der Waals surface area contributed by atoms with E-state index in [9.17, 15) is 0 Å². The van der Waals surface area contributed by atoms with Crippen molar-refractivity contribution in [2.45, 2.75) is 26.7 Å². The summed E-state index contributed by atoms with van der Waals surface area (Å²) in [5.74, 6) is 3.81. The van der Waals surface area contributed by atoms with Crippen LogP contribution in [-0.4, -0.2) is 12.3 Å². The first-order chi connectivity index (χ1) is 5.70. The van der Waals surface area contributed by atoms with E-state index in [1.165, 1.54) is 25.2 Å². The highest BCUT2D eigenvalue weighted by Gasteiger charge is 2.32. The molecule has 0 aromatic heterocycles. The first kappa shape index (κ1) is 10.9. The van der Waals surface area contributed by atoms with Crippen molar-refractivity contribution in [1.82, 2.24) is 0 Å². The van der Waals surface area contributed by atoms with Crippen molar-refractivity contribution in [3.63, 3.8) is 0 Å². The van der Waals surface area contributed by atoms with Gasteiger partial charge in [0.05, 0.1) is 0 Å². The highest BCUT2D eigenvalue weighted by molar-refractivity contribution is 7.16. The van der Waals surface area contributed by atoms with Gasteiger partial charge in [0.25, 0.3) is 0 Å². The standard InChI is InChI=1S/C10H22P2/c1-7-3-4-9(5-11)10(6-12)8(7)2/h7-10H,3-6,11-12H2,1-2H3. The monoisotopic (exact) mass is 204 g/mol. The molecule has 2 heteroatoms. The second-order valence-corrected chi connectivity index (χ2v) is 5.25. The second-order valence-electron chi connectivity index (χ2n) is 4.31. The quantitative estimate of drug-likeness (QED) is 0.606. The van der Waals surface area contributed by atoms with Gasteiger partial charge in [-0.05, 0) is 42.4 Å². The van der Waals surface area contributed by atoms with Crippen molar-refractivity contribution in [2.24, 2.45) is 23.7 Å². The Labute approximate surface area is 81.7 Å². The summed E-state index contributed by atoms with van der Waals surface area (Å²) >= 11 is 0. The minimum Gasteiger partial charge on any atom is -0.137 e. The van der Waals surface area contributed by atoms with Gasteiger partial charge in [0.1, 0.15) is 0 Å². The molecule has 0 saturated heterocycles. The molecule has 0 spiro atoms. The van der Waals surface area contributed by atoms with Crippen LogP contribution < -0.4 is 0 Å². The number of hydrogen-bond donors (Lipinski definition) is 0. The van der Waals surface area contributed by atoms with Crippen LogP contribution in [0.1, 0.15) is 26.7 Å². The van der Waals surface area contributed by atoms with Crippen LogP contribution in [-0.2, 0) is 0 Å². The van der Waals surface area contributed by atoms with Gasteiger partial charge < -0.3 is 0 Å². The molecule has 0 aromatic rings. The lowest BCUT2D eigenvalue weighted by Crippen LogP contribution is -2.33. The minimum absolute atomic E-state index is 0.932. The number of rotatable bonds is 2. The van der Waals surface area contributed by atoms with E-state index in [0.717, 1.165) is 23.7 Å². The van der Waals surface area contributed by atoms with Gasteiger partial charge in [0, 0.05) is 0 Å². The lowest BCUT2D eigenvalue weighted by molar-refractivity contribution is 0.143. The number of hydrogen-bond acceptors (Lipinski definition) is 0. The molecule has 12 heavy (non-hydrogen) atoms. The van der Waals surface area contributed by atoms with Crippen molar-refractivity contribution >= 4 is 18.5 Å². The Morgan fingerprint density at radius 1 is 1.08 bits per heavy atom. The summed E-state index contributed by atoms with van der Waals surface area (Å²) in [5.41, 5.74) is 0. The van der Waals surface area contributed by atoms with Gasteiger partial charge in [-0.1, -0.05) is 20.3 Å². The molecule has 0 nitrogen and oxygen atoms in total. The van der Waals surface area contributed by atoms with Gasteiger partial charge in [0.15, 0.2) is 0 Å². The molecular weight excluding hydrogens is 182 g/mol. The zero-order valence-electron chi connectivity index (χ0n) is 8.29. The lowest BCUT2D eigenvalue weighted by atomic mass is 9.69. The molecule has 0 heterocycles. The average molecular weight is 204 g/mol. The molecule has 6 unspecified atom stereocenters. The molecule has 1 saturated carbocycles. The average Bonchev–Trinajstić information content (AvgIpc) is 2.09. The zero-order chi connectivity index (χ0) is 9.14. The van der Waals surface area contributed by atoms with Gasteiger partial charge in [-0.25, -0.2) is 0 Å². The molecule has 0 N–H and O–H groups in total. The van der Waals surface area contributed by atoms with Gasteiger partial charge >= 0.3 is 0 Å². The van der Waals surface area contributed by atoms with Gasteiger partial charge in [-0.2, -0.15) is 0 Å². The molecular formula is C10H22P2. The highest BCUT2D eigenvalue weighted by atomic mass is 31.0. The first-order valence-corrected chi connectivity index (χ1v) is 6.74. The third-order valence-electron chi connectivity index (χ3n) is 3.75. The Kier molecular flexibility index (Phi) is 4.49. The van der Waals surface area contributed by atoms with Crippen molar-refractivity contribution < 1.29 is 0 Å². The Morgan fingerprint density at radius 2 is 1.75 bits per heavy atom. The van der Waals surface area contributed by atoms with Crippen LogP contribution in [0.2, 0.25) is 0 Å². The summed E-state index contributed by atoms with van der Waals surface area (Å²) in [6, 6.07) is 0. The van der Waals surface area contributed by atoms with Crippen LogP contribution in [0.3, 0.4) is 0 Å². The van der Waals surface area contributed by atoms with Gasteiger partial charge in [-0.15, -0.1) is 18.5 Å². The van der Waals surface area contributed by atoms with Crippen molar-refractivity contribution in [3.05, 3.63) is 0 Å². The maximum Gasteiger partial charge on any atom is -0.0320 e. The lowest BCUT2D eigenvalue weighted by Gasteiger charge is -2.39. The SMILES string of the molecule is CC1CCC(CP)C(CP)C1C. The Bertz CT molecular complexity index is 134. The van der Waals surface area contributed by atoms with E-state index in [1.807, 2.05) is 0 Å². The third-order valence-corrected chi connectivity index (χ3v) is 4.90. The van der Waals surface area contributed by atoms with Gasteiger partial charge in [-0.3, -0.25) is 0 Å². The van der Waals surface area contributed by atoms with Crippen LogP contribution in [0.4, 0.5) is 0 Å². The van der Waals surface area contributed by atoms with E-state index in [2.05, 4.69) is 32.3 Å². The zero-order valence-corrected chi connectivity index (χ0v) is 10.6. The fraction of sp³-hybridized carbons (Fsp3) is 1.00. The summed E-state index contributed by atoms with van der Waals surface area (Å²) in [6.07, 6.45) is 5.50. The molecule has 72 valence electrons. The fourth-order valence-corrected chi connectivity index (χ4v) is 3.90. The fourth-order valence-electron chi connectivity index (χ4n) is 2.50. The van der Waals surface area contributed by atoms with E-state index < -0.39 is 0 Å². The molecule has 1 aliphatic carbocycles. The van der Waals surface area contributed by atoms with E-state index in [1.54, 1.807) is 0 Å². The Morgan fingerprint density at radius 3 is 2.25 bits per heavy atom. The van der Waals surface area contributed by atoms with Crippen molar-refractivity contribution in [2.75, 3.05) is 12.3 Å². The minimum atomic E-state index is 0.932. The predicted molar refractivity (Wildman–Crippen MR) is 63.7 cm³/mol. The van der Waals surface area contributed by atoms with Crippen molar-refractivity contribution in [1.29, 1.82) is 0 Å². The third kappa shape index (κ3) is 2.21. The van der Waals surface area contributed by atoms with Crippen LogP contribution in [0.15, 0.2) is 0 Å². The Balaban J connectivity index is 2.58. The highest BCUT2D eigenvalue weighted by Crippen LogP contribution is 2.40. The summed E-state index contributed by atoms with van der Waals surface area (Å²) in [6.45, 7) is 4.85. The van der Waals surface area contributed by atoms with Crippen LogP contribution in [0.5, 0.6) is 0 Å². The summed E-state index contributed by atoms with van der Waals surface area (Å²) in [5, 5.41) is 0. The predicted octanol–water partition coefficient (Wildman–Crippen LogP) is 3.04. The molecule has 0 aromatic carbocycles. The van der Waals surface area contributed by atoms with E-state index in [-0.39, 0.29) is 0 Å². The topological polar surface area (TPSA) is 0 Å². The van der Waals surface area contributed by atoms with Crippen LogP contribution in [0, 0.1) is 23.7 Å². The maximum atomic E-state index is 2.93.